The molecule has 0 N–H and O–H groups in total. The molecule has 1 aromatic heterocycles. The molecule has 0 spiro atoms. The number of hydrogen-bond donors (Lipinski definition) is 0. The monoisotopic (exact) mass is 247 g/mol. The quantitative estimate of drug-likeness (QED) is 0.560. The maximum Gasteiger partial charge on any atom is 0.179 e. The van der Waals surface area contributed by atoms with E-state index in [2.05, 4.69) is 27.6 Å². The van der Waals surface area contributed by atoms with Gasteiger partial charge in [-0.25, -0.2) is 0 Å². The highest BCUT2D eigenvalue weighted by Gasteiger charge is 2.03. The molecule has 1 rings (SSSR count). The lowest BCUT2D eigenvalue weighted by atomic mass is 10.3. The zero-order valence-corrected chi connectivity index (χ0v) is 7.62. The van der Waals surface area contributed by atoms with Crippen LogP contribution in [0.15, 0.2) is 18.3 Å². The van der Waals surface area contributed by atoms with Crippen LogP contribution in [0.1, 0.15) is 17.4 Å². The molecule has 0 amide bonds. The van der Waals surface area contributed by atoms with E-state index in [-0.39, 0.29) is 5.78 Å². The van der Waals surface area contributed by atoms with Gasteiger partial charge in [0.15, 0.2) is 5.78 Å². The number of nitrogens with zero attached hydrogens (tertiary/aromatic N) is 1. The Morgan fingerprint density at radius 1 is 1.70 bits per heavy atom. The molecule has 1 aromatic rings. The summed E-state index contributed by atoms with van der Waals surface area (Å²) in [7, 11) is 0. The molecule has 10 heavy (non-hydrogen) atoms. The fourth-order valence-corrected chi connectivity index (χ4v) is 1.37. The topological polar surface area (TPSA) is 30.0 Å². The van der Waals surface area contributed by atoms with Gasteiger partial charge in [-0.3, -0.25) is 9.78 Å². The molecule has 0 aromatic carbocycles. The molecule has 0 saturated carbocycles. The number of halogens is 1. The van der Waals surface area contributed by atoms with Gasteiger partial charge >= 0.3 is 0 Å². The Morgan fingerprint density at radius 2 is 2.40 bits per heavy atom. The third kappa shape index (κ3) is 1.53. The summed E-state index contributed by atoms with van der Waals surface area (Å²) >= 11 is 2.09. The minimum Gasteiger partial charge on any atom is -0.293 e. The van der Waals surface area contributed by atoms with Crippen molar-refractivity contribution in [2.24, 2.45) is 0 Å². The lowest BCUT2D eigenvalue weighted by molar-refractivity contribution is 0.101. The minimum atomic E-state index is 0.0185. The van der Waals surface area contributed by atoms with Gasteiger partial charge in [-0.05, 0) is 34.7 Å². The number of Topliss-reactive ketones (excluding diaryl/α,β-unsaturated/α-hetero) is 1. The second-order valence-electron chi connectivity index (χ2n) is 1.89. The molecule has 0 unspecified atom stereocenters. The summed E-state index contributed by atoms with van der Waals surface area (Å²) in [6, 6.07) is 3.68. The average molecular weight is 247 g/mol. The predicted octanol–water partition coefficient (Wildman–Crippen LogP) is 1.89. The molecule has 0 aliphatic rings. The maximum atomic E-state index is 10.8. The number of carbonyl (C=O) groups is 1. The van der Waals surface area contributed by atoms with Crippen molar-refractivity contribution in [2.75, 3.05) is 0 Å². The number of carbonyl (C=O) groups excluding carboxylic acids is 1. The normalized spacial score (nSPS) is 9.40. The summed E-state index contributed by atoms with van der Waals surface area (Å²) in [6.07, 6.45) is 1.62. The Morgan fingerprint density at radius 3 is 2.80 bits per heavy atom. The van der Waals surface area contributed by atoms with Crippen molar-refractivity contribution < 1.29 is 4.79 Å². The lowest BCUT2D eigenvalue weighted by Crippen LogP contribution is -1.98. The van der Waals surface area contributed by atoms with Crippen LogP contribution in [0.25, 0.3) is 0 Å². The number of ketones is 1. The molecule has 3 heteroatoms. The van der Waals surface area contributed by atoms with Crippen LogP contribution >= 0.6 is 22.6 Å². The Hall–Kier alpha value is -0.450. The van der Waals surface area contributed by atoms with Gasteiger partial charge in [0.1, 0.15) is 5.69 Å². The Bertz CT molecular complexity index is 260. The summed E-state index contributed by atoms with van der Waals surface area (Å²) in [5, 5.41) is 0. The largest absolute Gasteiger partial charge is 0.293 e. The highest BCUT2D eigenvalue weighted by Crippen LogP contribution is 2.08. The van der Waals surface area contributed by atoms with Crippen molar-refractivity contribution in [3.05, 3.63) is 27.6 Å². The van der Waals surface area contributed by atoms with Crippen molar-refractivity contribution in [1.82, 2.24) is 4.98 Å². The van der Waals surface area contributed by atoms with Gasteiger partial charge in [0.25, 0.3) is 0 Å². The van der Waals surface area contributed by atoms with E-state index in [9.17, 15) is 4.79 Å². The van der Waals surface area contributed by atoms with Crippen LogP contribution in [0.4, 0.5) is 0 Å². The highest BCUT2D eigenvalue weighted by molar-refractivity contribution is 14.1. The van der Waals surface area contributed by atoms with Crippen molar-refractivity contribution in [2.45, 2.75) is 6.92 Å². The molecule has 0 saturated heterocycles. The van der Waals surface area contributed by atoms with Gasteiger partial charge in [0.05, 0.1) is 0 Å². The van der Waals surface area contributed by atoms with E-state index in [1.165, 1.54) is 6.92 Å². The summed E-state index contributed by atoms with van der Waals surface area (Å²) in [5.41, 5.74) is 0.558. The van der Waals surface area contributed by atoms with E-state index in [4.69, 9.17) is 0 Å². The lowest BCUT2D eigenvalue weighted by Gasteiger charge is -1.94. The van der Waals surface area contributed by atoms with Gasteiger partial charge in [0, 0.05) is 16.7 Å². The van der Waals surface area contributed by atoms with Gasteiger partial charge in [-0.15, -0.1) is 0 Å². The Kier molecular flexibility index (Phi) is 2.37. The molecule has 0 bridgehead atoms. The molecule has 1 heterocycles. The number of hydrogen-bond acceptors (Lipinski definition) is 2. The van der Waals surface area contributed by atoms with Gasteiger partial charge in [0.2, 0.25) is 0 Å². The van der Waals surface area contributed by atoms with Crippen molar-refractivity contribution in [3.8, 4) is 0 Å². The third-order valence-electron chi connectivity index (χ3n) is 1.09. The molecular formula is C7H6INO. The fraction of sp³-hybridized carbons (Fsp3) is 0.143. The summed E-state index contributed by atoms with van der Waals surface area (Å²) in [4.78, 5) is 14.7. The second-order valence-corrected chi connectivity index (χ2v) is 3.05. The smallest absolute Gasteiger partial charge is 0.179 e. The molecule has 0 aliphatic carbocycles. The first-order valence-electron chi connectivity index (χ1n) is 2.83. The molecular weight excluding hydrogens is 241 g/mol. The van der Waals surface area contributed by atoms with Crippen LogP contribution in [-0.4, -0.2) is 10.8 Å². The van der Waals surface area contributed by atoms with Crippen LogP contribution in [0.3, 0.4) is 0 Å². The summed E-state index contributed by atoms with van der Waals surface area (Å²) < 4.78 is 0.910. The second kappa shape index (κ2) is 3.09. The first-order chi connectivity index (χ1) is 4.72. The van der Waals surface area contributed by atoms with Crippen LogP contribution in [-0.2, 0) is 0 Å². The minimum absolute atomic E-state index is 0.0185. The molecule has 0 atom stereocenters. The van der Waals surface area contributed by atoms with E-state index >= 15 is 0 Å². The third-order valence-corrected chi connectivity index (χ3v) is 1.96. The van der Waals surface area contributed by atoms with Gasteiger partial charge in [-0.2, -0.15) is 0 Å². The zero-order valence-electron chi connectivity index (χ0n) is 5.47. The Labute approximate surface area is 72.8 Å². The molecule has 0 radical (unpaired) electrons. The van der Waals surface area contributed by atoms with Crippen molar-refractivity contribution in [3.63, 3.8) is 0 Å². The highest BCUT2D eigenvalue weighted by atomic mass is 127. The van der Waals surface area contributed by atoms with Crippen LogP contribution in [0.2, 0.25) is 0 Å². The van der Waals surface area contributed by atoms with Crippen molar-refractivity contribution >= 4 is 28.4 Å². The fourth-order valence-electron chi connectivity index (χ4n) is 0.645. The molecule has 52 valence electrons. The van der Waals surface area contributed by atoms with E-state index in [1.54, 1.807) is 6.20 Å². The van der Waals surface area contributed by atoms with Gasteiger partial charge < -0.3 is 0 Å². The molecule has 0 fully saturated rings. The van der Waals surface area contributed by atoms with Gasteiger partial charge in [-0.1, -0.05) is 0 Å². The summed E-state index contributed by atoms with van der Waals surface area (Å²) in [6.45, 7) is 1.52. The van der Waals surface area contributed by atoms with E-state index < -0.39 is 0 Å². The van der Waals surface area contributed by atoms with Crippen LogP contribution < -0.4 is 0 Å². The number of aromatic nitrogens is 1. The molecule has 0 aliphatic heterocycles. The van der Waals surface area contributed by atoms with E-state index in [0.717, 1.165) is 3.57 Å². The van der Waals surface area contributed by atoms with E-state index in [0.29, 0.717) is 5.69 Å². The van der Waals surface area contributed by atoms with Crippen LogP contribution in [0, 0.1) is 3.57 Å². The standard InChI is InChI=1S/C7H6INO/c1-5(10)7-6(8)3-2-4-9-7/h2-4H,1H3. The van der Waals surface area contributed by atoms with E-state index in [1.807, 2.05) is 12.1 Å². The zero-order chi connectivity index (χ0) is 7.56. The summed E-state index contributed by atoms with van der Waals surface area (Å²) in [5.74, 6) is 0.0185. The Balaban J connectivity index is 3.15. The van der Waals surface area contributed by atoms with Crippen LogP contribution in [0.5, 0.6) is 0 Å². The van der Waals surface area contributed by atoms with Crippen molar-refractivity contribution in [1.29, 1.82) is 0 Å². The number of pyridine rings is 1. The number of rotatable bonds is 1. The SMILES string of the molecule is CC(=O)c1ncccc1I. The average Bonchev–Trinajstić information content (AvgIpc) is 1.88. The first-order valence-corrected chi connectivity index (χ1v) is 3.91. The maximum absolute atomic E-state index is 10.8. The molecule has 2 nitrogen and oxygen atoms in total. The predicted molar refractivity (Wildman–Crippen MR) is 47.0 cm³/mol. The first kappa shape index (κ1) is 7.65.